The van der Waals surface area contributed by atoms with Crippen LogP contribution in [0.25, 0.3) is 22.0 Å². The number of aromatic nitrogens is 1. The van der Waals surface area contributed by atoms with Crippen LogP contribution < -0.4 is 4.80 Å². The lowest BCUT2D eigenvalue weighted by atomic mass is 10.0. The van der Waals surface area contributed by atoms with Crippen molar-refractivity contribution < 1.29 is 4.42 Å². The zero-order valence-corrected chi connectivity index (χ0v) is 17.9. The molecule has 2 aromatic heterocycles. The summed E-state index contributed by atoms with van der Waals surface area (Å²) in [6.45, 7) is 2.60. The fourth-order valence-corrected chi connectivity index (χ4v) is 4.41. The van der Waals surface area contributed by atoms with Gasteiger partial charge in [0.25, 0.3) is 0 Å². The minimum atomic E-state index is 0.601. The second-order valence-corrected chi connectivity index (χ2v) is 8.12. The molecule has 3 aromatic carbocycles. The van der Waals surface area contributed by atoms with Crippen LogP contribution in [-0.2, 0) is 6.54 Å². The zero-order chi connectivity index (χ0) is 21.0. The third-order valence-electron chi connectivity index (χ3n) is 5.21. The highest BCUT2D eigenvalue weighted by Gasteiger charge is 2.10. The Balaban J connectivity index is 1.55. The molecule has 0 spiro atoms. The first-order valence-corrected chi connectivity index (χ1v) is 11.0. The topological polar surface area (TPSA) is 42.8 Å². The molecule has 0 fully saturated rings. The number of benzene rings is 3. The fraction of sp³-hybridized carbons (Fsp3) is 0.0769. The maximum atomic E-state index is 5.59. The number of hydrogen-bond acceptors (Lipinski definition) is 4. The number of furan rings is 1. The molecule has 0 saturated carbocycles. The summed E-state index contributed by atoms with van der Waals surface area (Å²) in [5.41, 5.74) is 4.19. The Morgan fingerprint density at radius 1 is 0.903 bits per heavy atom. The van der Waals surface area contributed by atoms with Crippen molar-refractivity contribution in [2.75, 3.05) is 0 Å². The van der Waals surface area contributed by atoms with Crippen LogP contribution in [0.3, 0.4) is 0 Å². The van der Waals surface area contributed by atoms with Crippen molar-refractivity contribution in [1.29, 1.82) is 0 Å². The molecule has 0 radical (unpaired) electrons. The van der Waals surface area contributed by atoms with E-state index in [-0.39, 0.29) is 0 Å². The van der Waals surface area contributed by atoms with Crippen LogP contribution in [0.15, 0.2) is 111 Å². The molecule has 5 heteroatoms. The average Bonchev–Trinajstić information content (AvgIpc) is 3.48. The lowest BCUT2D eigenvalue weighted by Crippen LogP contribution is -2.16. The Morgan fingerprint density at radius 3 is 2.52 bits per heavy atom. The van der Waals surface area contributed by atoms with Crippen LogP contribution in [0.5, 0.6) is 0 Å². The third kappa shape index (κ3) is 4.13. The first-order chi connectivity index (χ1) is 15.3. The van der Waals surface area contributed by atoms with Crippen LogP contribution in [0, 0.1) is 0 Å². The van der Waals surface area contributed by atoms with Gasteiger partial charge in [-0.1, -0.05) is 66.7 Å². The summed E-state index contributed by atoms with van der Waals surface area (Å²) < 4.78 is 7.74. The van der Waals surface area contributed by atoms with Crippen molar-refractivity contribution >= 4 is 27.8 Å². The van der Waals surface area contributed by atoms with Gasteiger partial charge in [-0.15, -0.1) is 16.4 Å². The van der Waals surface area contributed by atoms with Gasteiger partial charge in [-0.05, 0) is 47.0 Å². The molecule has 2 heterocycles. The van der Waals surface area contributed by atoms with E-state index in [4.69, 9.17) is 4.42 Å². The molecule has 0 amide bonds. The maximum absolute atomic E-state index is 5.59. The van der Waals surface area contributed by atoms with E-state index >= 15 is 0 Å². The van der Waals surface area contributed by atoms with Gasteiger partial charge in [-0.2, -0.15) is 5.10 Å². The highest BCUT2D eigenvalue weighted by atomic mass is 32.1. The largest absolute Gasteiger partial charge is 0.467 e. The van der Waals surface area contributed by atoms with Gasteiger partial charge in [0.1, 0.15) is 5.76 Å². The first-order valence-electron chi connectivity index (χ1n) is 10.1. The molecular formula is C26H21N3OS. The summed E-state index contributed by atoms with van der Waals surface area (Å²) in [5.74, 6) is 0.882. The molecule has 5 rings (SSSR count). The molecule has 5 aromatic rings. The molecule has 0 bridgehead atoms. The van der Waals surface area contributed by atoms with Gasteiger partial charge >= 0.3 is 0 Å². The van der Waals surface area contributed by atoms with E-state index in [9.17, 15) is 0 Å². The van der Waals surface area contributed by atoms with E-state index in [2.05, 4.69) is 74.7 Å². The standard InChI is InChI=1S/C26H21N3OS/c1-19(22-14-13-20-8-5-6-11-23(20)16-22)27-28-26-29(17-24-12-7-15-30-24)25(18-31-26)21-9-3-2-4-10-21/h2-16,18H,17H2,1H3. The number of fused-ring (bicyclic) bond motifs is 1. The number of rotatable bonds is 5. The summed E-state index contributed by atoms with van der Waals surface area (Å²) in [4.78, 5) is 0.829. The summed E-state index contributed by atoms with van der Waals surface area (Å²) >= 11 is 1.58. The summed E-state index contributed by atoms with van der Waals surface area (Å²) in [6.07, 6.45) is 1.70. The minimum absolute atomic E-state index is 0.601. The average molecular weight is 424 g/mol. The fourth-order valence-electron chi connectivity index (χ4n) is 3.55. The van der Waals surface area contributed by atoms with Crippen molar-refractivity contribution in [3.8, 4) is 11.3 Å². The van der Waals surface area contributed by atoms with E-state index < -0.39 is 0 Å². The molecule has 0 atom stereocenters. The Labute approximate surface area is 184 Å². The van der Waals surface area contributed by atoms with Crippen LogP contribution in [-0.4, -0.2) is 10.3 Å². The normalized spacial score (nSPS) is 12.5. The minimum Gasteiger partial charge on any atom is -0.467 e. The number of hydrogen-bond donors (Lipinski definition) is 0. The van der Waals surface area contributed by atoms with E-state index in [1.807, 2.05) is 37.3 Å². The predicted octanol–water partition coefficient (Wildman–Crippen LogP) is 6.34. The van der Waals surface area contributed by atoms with Gasteiger partial charge in [-0.25, -0.2) is 0 Å². The van der Waals surface area contributed by atoms with Crippen molar-refractivity contribution in [3.63, 3.8) is 0 Å². The van der Waals surface area contributed by atoms with Gasteiger partial charge in [-0.3, -0.25) is 0 Å². The SMILES string of the molecule is CC(=NN=c1scc(-c2ccccc2)n1Cc1ccco1)c1ccc2ccccc2c1. The zero-order valence-electron chi connectivity index (χ0n) is 17.1. The van der Waals surface area contributed by atoms with Crippen molar-refractivity contribution in [1.82, 2.24) is 4.57 Å². The Bertz CT molecular complexity index is 1410. The maximum Gasteiger partial charge on any atom is 0.211 e. The molecule has 31 heavy (non-hydrogen) atoms. The lowest BCUT2D eigenvalue weighted by Gasteiger charge is -2.07. The Morgan fingerprint density at radius 2 is 1.71 bits per heavy atom. The van der Waals surface area contributed by atoms with Crippen LogP contribution in [0.4, 0.5) is 0 Å². The van der Waals surface area contributed by atoms with Crippen molar-refractivity contribution in [3.05, 3.63) is 113 Å². The second kappa shape index (κ2) is 8.58. The van der Waals surface area contributed by atoms with E-state index in [0.29, 0.717) is 6.54 Å². The quantitative estimate of drug-likeness (QED) is 0.240. The summed E-state index contributed by atoms with van der Waals surface area (Å²) in [6, 6.07) is 28.9. The molecule has 0 aliphatic rings. The molecule has 4 nitrogen and oxygen atoms in total. The highest BCUT2D eigenvalue weighted by Crippen LogP contribution is 2.21. The van der Waals surface area contributed by atoms with Crippen molar-refractivity contribution in [2.45, 2.75) is 13.5 Å². The Hall–Kier alpha value is -3.70. The van der Waals surface area contributed by atoms with E-state index in [1.54, 1.807) is 17.6 Å². The van der Waals surface area contributed by atoms with Gasteiger partial charge in [0.15, 0.2) is 0 Å². The number of nitrogens with zero attached hydrogens (tertiary/aromatic N) is 3. The number of thiazole rings is 1. The predicted molar refractivity (Wildman–Crippen MR) is 127 cm³/mol. The monoisotopic (exact) mass is 423 g/mol. The molecule has 0 aliphatic heterocycles. The summed E-state index contributed by atoms with van der Waals surface area (Å²) in [5, 5.41) is 13.7. The van der Waals surface area contributed by atoms with E-state index in [0.717, 1.165) is 33.1 Å². The molecule has 0 unspecified atom stereocenters. The second-order valence-electron chi connectivity index (χ2n) is 7.28. The van der Waals surface area contributed by atoms with Gasteiger partial charge in [0, 0.05) is 5.38 Å². The first kappa shape index (κ1) is 19.3. The van der Waals surface area contributed by atoms with Crippen LogP contribution >= 0.6 is 11.3 Å². The molecule has 152 valence electrons. The smallest absolute Gasteiger partial charge is 0.211 e. The molecule has 0 aliphatic carbocycles. The molecule has 0 saturated heterocycles. The van der Waals surface area contributed by atoms with Gasteiger partial charge in [0.05, 0.1) is 24.2 Å². The van der Waals surface area contributed by atoms with E-state index in [1.165, 1.54) is 10.8 Å². The Kier molecular flexibility index (Phi) is 5.33. The van der Waals surface area contributed by atoms with Crippen LogP contribution in [0.1, 0.15) is 18.2 Å². The summed E-state index contributed by atoms with van der Waals surface area (Å²) in [7, 11) is 0. The third-order valence-corrected chi connectivity index (χ3v) is 6.07. The van der Waals surface area contributed by atoms with Crippen molar-refractivity contribution in [2.24, 2.45) is 10.2 Å². The highest BCUT2D eigenvalue weighted by molar-refractivity contribution is 7.07. The molecular weight excluding hydrogens is 402 g/mol. The van der Waals surface area contributed by atoms with Gasteiger partial charge in [0.2, 0.25) is 4.80 Å². The van der Waals surface area contributed by atoms with Crippen LogP contribution in [0.2, 0.25) is 0 Å². The van der Waals surface area contributed by atoms with Gasteiger partial charge < -0.3 is 8.98 Å². The molecule has 0 N–H and O–H groups in total. The lowest BCUT2D eigenvalue weighted by molar-refractivity contribution is 0.491.